The molecule has 0 aliphatic rings. The summed E-state index contributed by atoms with van der Waals surface area (Å²) in [5.41, 5.74) is 0.990. The molecule has 17 heavy (non-hydrogen) atoms. The molecule has 0 saturated heterocycles. The molecule has 7 heteroatoms. The normalized spacial score (nSPS) is 11.1. The average Bonchev–Trinajstić information content (AvgIpc) is 2.21. The summed E-state index contributed by atoms with van der Waals surface area (Å²) in [5, 5.41) is 8.81. The third-order valence-electron chi connectivity index (χ3n) is 1.99. The van der Waals surface area contributed by atoms with E-state index < -0.39 is 6.36 Å². The molecule has 0 radical (unpaired) electrons. The van der Waals surface area contributed by atoms with Crippen molar-refractivity contribution in [1.82, 2.24) is 4.98 Å². The molecular weight excluding hydrogens is 301 g/mol. The van der Waals surface area contributed by atoms with Crippen molar-refractivity contribution < 1.29 is 17.9 Å². The Labute approximate surface area is 104 Å². The van der Waals surface area contributed by atoms with Gasteiger partial charge in [0.15, 0.2) is 0 Å². The maximum atomic E-state index is 12.2. The molecule has 0 saturated carbocycles. The fourth-order valence-corrected chi connectivity index (χ4v) is 1.77. The van der Waals surface area contributed by atoms with E-state index in [1.165, 1.54) is 6.92 Å². The van der Waals surface area contributed by atoms with Crippen molar-refractivity contribution in [1.29, 1.82) is 5.26 Å². The Bertz CT molecular complexity index is 454. The molecule has 1 aromatic heterocycles. The number of nitriles is 1. The molecule has 0 aromatic carbocycles. The number of aromatic nitrogens is 1. The zero-order valence-electron chi connectivity index (χ0n) is 8.81. The molecule has 0 spiro atoms. The molecule has 0 atom stereocenters. The highest BCUT2D eigenvalue weighted by atomic mass is 79.9. The summed E-state index contributed by atoms with van der Waals surface area (Å²) in [5.74, 6) is -0.313. The summed E-state index contributed by atoms with van der Waals surface area (Å²) in [4.78, 5) is 4.05. The molecule has 0 fully saturated rings. The van der Waals surface area contributed by atoms with E-state index in [1.54, 1.807) is 0 Å². The lowest BCUT2D eigenvalue weighted by molar-refractivity contribution is -0.274. The van der Waals surface area contributed by atoms with Gasteiger partial charge < -0.3 is 4.74 Å². The van der Waals surface area contributed by atoms with Gasteiger partial charge in [0.2, 0.25) is 0 Å². The van der Waals surface area contributed by atoms with E-state index in [0.29, 0.717) is 16.6 Å². The number of nitrogens with zero attached hydrogens (tertiary/aromatic N) is 2. The second kappa shape index (κ2) is 5.36. The molecule has 0 amide bonds. The SMILES string of the molecule is Cc1c(OC(F)(F)F)cc(CC#N)nc1CBr. The predicted octanol–water partition coefficient (Wildman–Crippen LogP) is 3.25. The highest BCUT2D eigenvalue weighted by Gasteiger charge is 2.32. The molecule has 3 nitrogen and oxygen atoms in total. The monoisotopic (exact) mass is 308 g/mol. The zero-order valence-corrected chi connectivity index (χ0v) is 10.4. The molecule has 0 N–H and O–H groups in total. The highest BCUT2D eigenvalue weighted by molar-refractivity contribution is 9.08. The van der Waals surface area contributed by atoms with Crippen molar-refractivity contribution in [2.24, 2.45) is 0 Å². The standard InChI is InChI=1S/C10H8BrF3N2O/c1-6-8(5-11)16-7(2-3-15)4-9(6)17-10(12,13)14/h4H,2,5H2,1H3. The van der Waals surface area contributed by atoms with Crippen LogP contribution in [0.4, 0.5) is 13.2 Å². The first kappa shape index (κ1) is 13.8. The van der Waals surface area contributed by atoms with Gasteiger partial charge in [-0.05, 0) is 6.92 Å². The van der Waals surface area contributed by atoms with Crippen LogP contribution in [0.5, 0.6) is 5.75 Å². The maximum absolute atomic E-state index is 12.2. The first-order valence-electron chi connectivity index (χ1n) is 4.55. The molecule has 1 heterocycles. The Balaban J connectivity index is 3.19. The van der Waals surface area contributed by atoms with Crippen LogP contribution < -0.4 is 4.74 Å². The topological polar surface area (TPSA) is 45.9 Å². The molecule has 1 rings (SSSR count). The minimum Gasteiger partial charge on any atom is -0.405 e. The van der Waals surface area contributed by atoms with Crippen molar-refractivity contribution in [2.75, 3.05) is 0 Å². The Morgan fingerprint density at radius 3 is 2.65 bits per heavy atom. The fourth-order valence-electron chi connectivity index (χ4n) is 1.22. The minimum atomic E-state index is -4.75. The molecule has 1 aromatic rings. The largest absolute Gasteiger partial charge is 0.573 e. The van der Waals surface area contributed by atoms with Crippen LogP contribution in [-0.4, -0.2) is 11.3 Å². The summed E-state index contributed by atoms with van der Waals surface area (Å²) in [6.45, 7) is 1.49. The Morgan fingerprint density at radius 2 is 2.18 bits per heavy atom. The Morgan fingerprint density at radius 1 is 1.53 bits per heavy atom. The molecular formula is C10H8BrF3N2O. The van der Waals surface area contributed by atoms with E-state index in [4.69, 9.17) is 5.26 Å². The lowest BCUT2D eigenvalue weighted by Crippen LogP contribution is -2.18. The van der Waals surface area contributed by atoms with Crippen LogP contribution in [0, 0.1) is 18.3 Å². The van der Waals surface area contributed by atoms with Gasteiger partial charge in [-0.2, -0.15) is 5.26 Å². The molecule has 0 aliphatic heterocycles. The lowest BCUT2D eigenvalue weighted by Gasteiger charge is -2.14. The summed E-state index contributed by atoms with van der Waals surface area (Å²) in [7, 11) is 0. The van der Waals surface area contributed by atoms with Gasteiger partial charge in [0.25, 0.3) is 0 Å². The predicted molar refractivity (Wildman–Crippen MR) is 57.6 cm³/mol. The quantitative estimate of drug-likeness (QED) is 0.805. The maximum Gasteiger partial charge on any atom is 0.573 e. The second-order valence-corrected chi connectivity index (χ2v) is 3.76. The number of halogens is 4. The van der Waals surface area contributed by atoms with Gasteiger partial charge >= 0.3 is 6.36 Å². The first-order chi connectivity index (χ1) is 7.87. The molecule has 92 valence electrons. The Hall–Kier alpha value is -1.29. The highest BCUT2D eigenvalue weighted by Crippen LogP contribution is 2.29. The number of hydrogen-bond acceptors (Lipinski definition) is 3. The second-order valence-electron chi connectivity index (χ2n) is 3.20. The van der Waals surface area contributed by atoms with Crippen molar-refractivity contribution >= 4 is 15.9 Å². The number of rotatable bonds is 3. The van der Waals surface area contributed by atoms with Gasteiger partial charge in [-0.3, -0.25) is 4.98 Å². The number of alkyl halides is 4. The van der Waals surface area contributed by atoms with Crippen molar-refractivity contribution in [3.63, 3.8) is 0 Å². The molecule has 0 aliphatic carbocycles. The zero-order chi connectivity index (χ0) is 13.1. The van der Waals surface area contributed by atoms with Gasteiger partial charge in [-0.1, -0.05) is 15.9 Å². The smallest absolute Gasteiger partial charge is 0.405 e. The summed E-state index contributed by atoms with van der Waals surface area (Å²) in [6.07, 6.45) is -4.81. The number of hydrogen-bond donors (Lipinski definition) is 0. The van der Waals surface area contributed by atoms with Gasteiger partial charge in [0.05, 0.1) is 23.9 Å². The van der Waals surface area contributed by atoms with Gasteiger partial charge in [0, 0.05) is 17.0 Å². The lowest BCUT2D eigenvalue weighted by atomic mass is 10.1. The van der Waals surface area contributed by atoms with Crippen LogP contribution >= 0.6 is 15.9 Å². The van der Waals surface area contributed by atoms with E-state index in [2.05, 4.69) is 25.7 Å². The van der Waals surface area contributed by atoms with Crippen LogP contribution in [-0.2, 0) is 11.8 Å². The molecule has 0 bridgehead atoms. The van der Waals surface area contributed by atoms with E-state index in [9.17, 15) is 13.2 Å². The van der Waals surface area contributed by atoms with Crippen molar-refractivity contribution in [3.05, 3.63) is 23.0 Å². The van der Waals surface area contributed by atoms with Crippen LogP contribution in [0.25, 0.3) is 0 Å². The van der Waals surface area contributed by atoms with Gasteiger partial charge in [-0.25, -0.2) is 0 Å². The van der Waals surface area contributed by atoms with E-state index >= 15 is 0 Å². The average molecular weight is 309 g/mol. The van der Waals surface area contributed by atoms with E-state index in [1.807, 2.05) is 6.07 Å². The third kappa shape index (κ3) is 3.89. The molecule has 0 unspecified atom stereocenters. The van der Waals surface area contributed by atoms with Crippen LogP contribution in [0.1, 0.15) is 17.0 Å². The summed E-state index contributed by atoms with van der Waals surface area (Å²) in [6, 6.07) is 2.97. The fraction of sp³-hybridized carbons (Fsp3) is 0.400. The van der Waals surface area contributed by atoms with Crippen LogP contribution in [0.3, 0.4) is 0 Å². The summed E-state index contributed by atoms with van der Waals surface area (Å²) < 4.78 is 40.4. The van der Waals surface area contributed by atoms with Crippen molar-refractivity contribution in [2.45, 2.75) is 25.0 Å². The van der Waals surface area contributed by atoms with Crippen LogP contribution in [0.15, 0.2) is 6.07 Å². The number of ether oxygens (including phenoxy) is 1. The van der Waals surface area contributed by atoms with E-state index in [0.717, 1.165) is 6.07 Å². The van der Waals surface area contributed by atoms with Crippen molar-refractivity contribution in [3.8, 4) is 11.8 Å². The van der Waals surface area contributed by atoms with E-state index in [-0.39, 0.29) is 17.9 Å². The van der Waals surface area contributed by atoms with Gasteiger partial charge in [0.1, 0.15) is 5.75 Å². The summed E-state index contributed by atoms with van der Waals surface area (Å²) >= 11 is 3.13. The minimum absolute atomic E-state index is 0.0610. The third-order valence-corrected chi connectivity index (χ3v) is 2.52. The van der Waals surface area contributed by atoms with Gasteiger partial charge in [-0.15, -0.1) is 13.2 Å². The van der Waals surface area contributed by atoms with Crippen LogP contribution in [0.2, 0.25) is 0 Å². The first-order valence-corrected chi connectivity index (χ1v) is 5.67. The number of pyridine rings is 1. The Kier molecular flexibility index (Phi) is 4.34.